The second-order valence-corrected chi connectivity index (χ2v) is 9.15. The topological polar surface area (TPSA) is 54.9 Å². The largest absolute Gasteiger partial charge is 0.353 e. The zero-order valence-electron chi connectivity index (χ0n) is 14.8. The lowest BCUT2D eigenvalue weighted by atomic mass is 9.95. The number of hydrogen-bond acceptors (Lipinski definition) is 5. The summed E-state index contributed by atoms with van der Waals surface area (Å²) in [6, 6.07) is 0.378. The maximum absolute atomic E-state index is 12.3. The van der Waals surface area contributed by atoms with Crippen molar-refractivity contribution in [1.29, 1.82) is 0 Å². The first-order valence-electron chi connectivity index (χ1n) is 9.05. The van der Waals surface area contributed by atoms with Gasteiger partial charge < -0.3 is 5.32 Å². The maximum Gasteiger partial charge on any atom is 0.230 e. The lowest BCUT2D eigenvalue weighted by Gasteiger charge is -2.22. The molecular formula is C18H27N3OS2. The third kappa shape index (κ3) is 4.07. The molecule has 6 heteroatoms. The van der Waals surface area contributed by atoms with Crippen LogP contribution in [0.5, 0.6) is 0 Å². The van der Waals surface area contributed by atoms with Gasteiger partial charge in [-0.2, -0.15) is 0 Å². The molecule has 0 spiro atoms. The summed E-state index contributed by atoms with van der Waals surface area (Å²) in [6.45, 7) is 6.43. The predicted octanol–water partition coefficient (Wildman–Crippen LogP) is 4.31. The van der Waals surface area contributed by atoms with Crippen molar-refractivity contribution >= 4 is 29.4 Å². The molecule has 1 amide bonds. The number of rotatable bonds is 5. The Morgan fingerprint density at radius 3 is 2.75 bits per heavy atom. The number of aromatic nitrogens is 2. The number of aryl methyl sites for hydroxylation is 1. The SMILES string of the molecule is CC[C@H]1c2c(SCC(=O)NC3CCCCC3)nc(C)nc2S[C@H]1C. The van der Waals surface area contributed by atoms with E-state index in [2.05, 4.69) is 29.1 Å². The van der Waals surface area contributed by atoms with Gasteiger partial charge in [-0.3, -0.25) is 4.79 Å². The highest BCUT2D eigenvalue weighted by molar-refractivity contribution is 8.01. The summed E-state index contributed by atoms with van der Waals surface area (Å²) in [5.41, 5.74) is 1.27. The standard InChI is InChI=1S/C18H27N3OS2/c1-4-14-11(2)24-18-16(14)17(19-12(3)20-18)23-10-15(22)21-13-8-6-5-7-9-13/h11,13-14H,4-10H2,1-3H3,(H,21,22)/t11-,14+/m0/s1. The van der Waals surface area contributed by atoms with Gasteiger partial charge in [0.05, 0.1) is 5.75 Å². The van der Waals surface area contributed by atoms with Crippen molar-refractivity contribution < 1.29 is 4.79 Å². The van der Waals surface area contributed by atoms with E-state index in [0.717, 1.165) is 35.1 Å². The second kappa shape index (κ2) is 8.09. The molecule has 2 aliphatic rings. The Hall–Kier alpha value is -0.750. The molecular weight excluding hydrogens is 338 g/mol. The van der Waals surface area contributed by atoms with E-state index >= 15 is 0 Å². The number of carbonyl (C=O) groups is 1. The fourth-order valence-electron chi connectivity index (χ4n) is 3.73. The summed E-state index contributed by atoms with van der Waals surface area (Å²) >= 11 is 3.43. The summed E-state index contributed by atoms with van der Waals surface area (Å²) in [4.78, 5) is 21.6. The molecule has 2 heterocycles. The number of amides is 1. The van der Waals surface area contributed by atoms with E-state index in [1.54, 1.807) is 11.8 Å². The van der Waals surface area contributed by atoms with Crippen LogP contribution in [0, 0.1) is 6.92 Å². The molecule has 1 aliphatic heterocycles. The van der Waals surface area contributed by atoms with Crippen LogP contribution in [0.2, 0.25) is 0 Å². The molecule has 24 heavy (non-hydrogen) atoms. The summed E-state index contributed by atoms with van der Waals surface area (Å²) in [6.07, 6.45) is 7.14. The van der Waals surface area contributed by atoms with Crippen LogP contribution < -0.4 is 5.32 Å². The van der Waals surface area contributed by atoms with Crippen LogP contribution in [0.3, 0.4) is 0 Å². The van der Waals surface area contributed by atoms with Crippen LogP contribution in [0.25, 0.3) is 0 Å². The molecule has 3 rings (SSSR count). The Morgan fingerprint density at radius 1 is 1.29 bits per heavy atom. The molecule has 4 nitrogen and oxygen atoms in total. The highest BCUT2D eigenvalue weighted by atomic mass is 32.2. The summed E-state index contributed by atoms with van der Waals surface area (Å²) < 4.78 is 0. The normalized spacial score (nSPS) is 24.0. The molecule has 0 bridgehead atoms. The van der Waals surface area contributed by atoms with Crippen molar-refractivity contribution in [3.63, 3.8) is 0 Å². The van der Waals surface area contributed by atoms with Crippen LogP contribution in [-0.2, 0) is 4.79 Å². The molecule has 0 unspecified atom stereocenters. The fourth-order valence-corrected chi connectivity index (χ4v) is 6.15. The zero-order chi connectivity index (χ0) is 17.1. The molecule has 0 radical (unpaired) electrons. The fraction of sp³-hybridized carbons (Fsp3) is 0.722. The zero-order valence-corrected chi connectivity index (χ0v) is 16.4. The van der Waals surface area contributed by atoms with Crippen LogP contribution >= 0.6 is 23.5 Å². The van der Waals surface area contributed by atoms with Crippen molar-refractivity contribution in [2.24, 2.45) is 0 Å². The average Bonchev–Trinajstić information content (AvgIpc) is 2.88. The van der Waals surface area contributed by atoms with Crippen molar-refractivity contribution in [2.45, 2.75) is 86.6 Å². The Bertz CT molecular complexity index is 602. The molecule has 1 fully saturated rings. The smallest absolute Gasteiger partial charge is 0.230 e. The minimum absolute atomic E-state index is 0.142. The van der Waals surface area contributed by atoms with Gasteiger partial charge in [0.25, 0.3) is 0 Å². The van der Waals surface area contributed by atoms with Crippen molar-refractivity contribution in [1.82, 2.24) is 15.3 Å². The minimum Gasteiger partial charge on any atom is -0.353 e. The first-order chi connectivity index (χ1) is 11.6. The van der Waals surface area contributed by atoms with Gasteiger partial charge in [0.1, 0.15) is 15.9 Å². The Labute approximate surface area is 153 Å². The highest BCUT2D eigenvalue weighted by Gasteiger charge is 2.33. The Kier molecular flexibility index (Phi) is 6.08. The lowest BCUT2D eigenvalue weighted by molar-refractivity contribution is -0.119. The second-order valence-electron chi connectivity index (χ2n) is 6.82. The van der Waals surface area contributed by atoms with Gasteiger partial charge in [0.2, 0.25) is 5.91 Å². The third-order valence-corrected chi connectivity index (χ3v) is 7.20. The van der Waals surface area contributed by atoms with E-state index in [0.29, 0.717) is 23.0 Å². The monoisotopic (exact) mass is 365 g/mol. The molecule has 1 N–H and O–H groups in total. The summed E-state index contributed by atoms with van der Waals surface area (Å²) in [5.74, 6) is 1.90. The molecule has 1 aromatic heterocycles. The molecule has 0 aromatic carbocycles. The van der Waals surface area contributed by atoms with Gasteiger partial charge in [-0.15, -0.1) is 11.8 Å². The van der Waals surface area contributed by atoms with Gasteiger partial charge in [-0.05, 0) is 26.2 Å². The van der Waals surface area contributed by atoms with E-state index in [1.165, 1.54) is 24.8 Å². The van der Waals surface area contributed by atoms with E-state index in [9.17, 15) is 4.79 Å². The highest BCUT2D eigenvalue weighted by Crippen LogP contribution is 2.48. The minimum atomic E-state index is 0.142. The summed E-state index contributed by atoms with van der Waals surface area (Å²) in [7, 11) is 0. The number of nitrogens with zero attached hydrogens (tertiary/aromatic N) is 2. The quantitative estimate of drug-likeness (QED) is 0.622. The van der Waals surface area contributed by atoms with Gasteiger partial charge in [-0.25, -0.2) is 9.97 Å². The lowest BCUT2D eigenvalue weighted by Crippen LogP contribution is -2.37. The number of hydrogen-bond donors (Lipinski definition) is 1. The molecule has 2 atom stereocenters. The van der Waals surface area contributed by atoms with Gasteiger partial charge in [0.15, 0.2) is 0 Å². The van der Waals surface area contributed by atoms with Crippen molar-refractivity contribution in [3.8, 4) is 0 Å². The number of nitrogens with one attached hydrogen (secondary N) is 1. The molecule has 1 saturated carbocycles. The van der Waals surface area contributed by atoms with Gasteiger partial charge >= 0.3 is 0 Å². The predicted molar refractivity (Wildman–Crippen MR) is 101 cm³/mol. The first-order valence-corrected chi connectivity index (χ1v) is 10.9. The first kappa shape index (κ1) is 18.1. The molecule has 1 aliphatic carbocycles. The Morgan fingerprint density at radius 2 is 2.04 bits per heavy atom. The van der Waals surface area contributed by atoms with E-state index in [1.807, 2.05) is 18.7 Å². The maximum atomic E-state index is 12.3. The van der Waals surface area contributed by atoms with Crippen LogP contribution in [0.15, 0.2) is 10.1 Å². The van der Waals surface area contributed by atoms with Crippen LogP contribution in [-0.4, -0.2) is 32.9 Å². The third-order valence-electron chi connectivity index (χ3n) is 4.97. The number of carbonyl (C=O) groups excluding carboxylic acids is 1. The van der Waals surface area contributed by atoms with Gasteiger partial charge in [-0.1, -0.05) is 44.9 Å². The van der Waals surface area contributed by atoms with Crippen LogP contribution in [0.1, 0.15) is 69.7 Å². The van der Waals surface area contributed by atoms with Gasteiger partial charge in [0, 0.05) is 22.8 Å². The average molecular weight is 366 g/mol. The van der Waals surface area contributed by atoms with E-state index in [4.69, 9.17) is 0 Å². The number of fused-ring (bicyclic) bond motifs is 1. The molecule has 132 valence electrons. The Balaban J connectivity index is 1.66. The van der Waals surface area contributed by atoms with Crippen LogP contribution in [0.4, 0.5) is 0 Å². The van der Waals surface area contributed by atoms with Crippen molar-refractivity contribution in [3.05, 3.63) is 11.4 Å². The molecule has 1 aromatic rings. The summed E-state index contributed by atoms with van der Waals surface area (Å²) in [5, 5.41) is 5.87. The van der Waals surface area contributed by atoms with Crippen molar-refractivity contribution in [2.75, 3.05) is 5.75 Å². The van der Waals surface area contributed by atoms with E-state index in [-0.39, 0.29) is 5.91 Å². The van der Waals surface area contributed by atoms with E-state index < -0.39 is 0 Å². The molecule has 0 saturated heterocycles. The number of thioether (sulfide) groups is 2.